The number of carbonyl (C=O) groups excluding carboxylic acids is 2. The maximum atomic E-state index is 13.1. The Morgan fingerprint density at radius 1 is 1.15 bits per heavy atom. The minimum absolute atomic E-state index is 0.00297. The van der Waals surface area contributed by atoms with Crippen molar-refractivity contribution in [3.63, 3.8) is 0 Å². The summed E-state index contributed by atoms with van der Waals surface area (Å²) in [6, 6.07) is 11.9. The van der Waals surface area contributed by atoms with Gasteiger partial charge in [-0.3, -0.25) is 14.6 Å². The first-order valence-electron chi connectivity index (χ1n) is 9.19. The van der Waals surface area contributed by atoms with Gasteiger partial charge < -0.3 is 9.80 Å². The molecule has 1 aliphatic heterocycles. The third-order valence-electron chi connectivity index (χ3n) is 5.33. The Balaban J connectivity index is 1.75. The van der Waals surface area contributed by atoms with Crippen LogP contribution in [-0.2, 0) is 4.79 Å². The smallest absolute Gasteiger partial charge is 0.260 e. The van der Waals surface area contributed by atoms with Gasteiger partial charge in [0, 0.05) is 37.1 Å². The van der Waals surface area contributed by atoms with Crippen LogP contribution in [0.3, 0.4) is 0 Å². The standard InChI is InChI=1S/C21H23N3O2/c1-14-12-20(24(15(2)25)17-9-10-17)18-7-3-4-8-19(18)23(14)21(26)16-6-5-11-22-13-16/h3-8,11,13-14,17,20H,9-10,12H2,1-2H3. The lowest BCUT2D eigenvalue weighted by atomic mass is 9.89. The van der Waals surface area contributed by atoms with Gasteiger partial charge in [-0.05, 0) is 49.9 Å². The predicted octanol–water partition coefficient (Wildman–Crippen LogP) is 3.57. The van der Waals surface area contributed by atoms with E-state index in [-0.39, 0.29) is 23.9 Å². The van der Waals surface area contributed by atoms with Gasteiger partial charge in [0.05, 0.1) is 11.6 Å². The van der Waals surface area contributed by atoms with Crippen molar-refractivity contribution >= 4 is 17.5 Å². The molecular weight excluding hydrogens is 326 g/mol. The van der Waals surface area contributed by atoms with Crippen LogP contribution in [-0.4, -0.2) is 33.8 Å². The largest absolute Gasteiger partial charge is 0.333 e. The number of nitrogens with zero attached hydrogens (tertiary/aromatic N) is 3. The van der Waals surface area contributed by atoms with E-state index >= 15 is 0 Å². The molecule has 2 aliphatic rings. The van der Waals surface area contributed by atoms with Crippen LogP contribution < -0.4 is 4.90 Å². The van der Waals surface area contributed by atoms with Gasteiger partial charge in [0.15, 0.2) is 0 Å². The number of fused-ring (bicyclic) bond motifs is 1. The number of carbonyl (C=O) groups is 2. The Morgan fingerprint density at radius 3 is 2.58 bits per heavy atom. The quantitative estimate of drug-likeness (QED) is 0.851. The second-order valence-corrected chi connectivity index (χ2v) is 7.23. The molecule has 1 aromatic heterocycles. The molecule has 1 saturated carbocycles. The van der Waals surface area contributed by atoms with E-state index in [2.05, 4.69) is 11.9 Å². The van der Waals surface area contributed by atoms with Gasteiger partial charge in [0.1, 0.15) is 0 Å². The first kappa shape index (κ1) is 16.8. The maximum absolute atomic E-state index is 13.1. The number of amides is 2. The Labute approximate surface area is 153 Å². The molecule has 2 heterocycles. The van der Waals surface area contributed by atoms with Crippen molar-refractivity contribution in [3.05, 3.63) is 59.9 Å². The maximum Gasteiger partial charge on any atom is 0.260 e. The average Bonchev–Trinajstić information content (AvgIpc) is 3.47. The molecule has 0 saturated heterocycles. The Bertz CT molecular complexity index is 832. The summed E-state index contributed by atoms with van der Waals surface area (Å²) in [6.07, 6.45) is 6.17. The highest BCUT2D eigenvalue weighted by Crippen LogP contribution is 2.44. The molecule has 5 heteroatoms. The molecule has 2 atom stereocenters. The average molecular weight is 349 g/mol. The first-order valence-corrected chi connectivity index (χ1v) is 9.19. The van der Waals surface area contributed by atoms with E-state index in [4.69, 9.17) is 0 Å². The van der Waals surface area contributed by atoms with Gasteiger partial charge >= 0.3 is 0 Å². The minimum atomic E-state index is -0.0442. The van der Waals surface area contributed by atoms with Crippen LogP contribution in [0.1, 0.15) is 55.1 Å². The van der Waals surface area contributed by atoms with E-state index in [1.54, 1.807) is 31.5 Å². The van der Waals surface area contributed by atoms with Gasteiger partial charge in [0.2, 0.25) is 5.91 Å². The Morgan fingerprint density at radius 2 is 1.92 bits per heavy atom. The van der Waals surface area contributed by atoms with E-state index < -0.39 is 0 Å². The number of rotatable bonds is 3. The van der Waals surface area contributed by atoms with Crippen LogP contribution in [0.2, 0.25) is 0 Å². The highest BCUT2D eigenvalue weighted by molar-refractivity contribution is 6.07. The summed E-state index contributed by atoms with van der Waals surface area (Å²) in [4.78, 5) is 33.4. The minimum Gasteiger partial charge on any atom is -0.333 e. The summed E-state index contributed by atoms with van der Waals surface area (Å²) in [7, 11) is 0. The van der Waals surface area contributed by atoms with Crippen LogP contribution in [0.25, 0.3) is 0 Å². The lowest BCUT2D eigenvalue weighted by molar-refractivity contribution is -0.132. The Hall–Kier alpha value is -2.69. The van der Waals surface area contributed by atoms with Crippen molar-refractivity contribution < 1.29 is 9.59 Å². The summed E-state index contributed by atoms with van der Waals surface area (Å²) in [6.45, 7) is 3.71. The molecule has 0 bridgehead atoms. The van der Waals surface area contributed by atoms with Crippen LogP contribution in [0.15, 0.2) is 48.8 Å². The van der Waals surface area contributed by atoms with E-state index in [1.165, 1.54) is 0 Å². The lowest BCUT2D eigenvalue weighted by Crippen LogP contribution is -2.47. The van der Waals surface area contributed by atoms with Crippen LogP contribution in [0.5, 0.6) is 0 Å². The van der Waals surface area contributed by atoms with E-state index in [9.17, 15) is 9.59 Å². The highest BCUT2D eigenvalue weighted by atomic mass is 16.2. The normalized spacial score (nSPS) is 21.8. The lowest BCUT2D eigenvalue weighted by Gasteiger charge is -2.43. The van der Waals surface area contributed by atoms with Crippen LogP contribution in [0, 0.1) is 0 Å². The molecule has 5 nitrogen and oxygen atoms in total. The van der Waals surface area contributed by atoms with Crippen molar-refractivity contribution in [2.24, 2.45) is 0 Å². The molecule has 26 heavy (non-hydrogen) atoms. The zero-order chi connectivity index (χ0) is 18.3. The van der Waals surface area contributed by atoms with Crippen molar-refractivity contribution in [2.75, 3.05) is 4.90 Å². The van der Waals surface area contributed by atoms with Crippen molar-refractivity contribution in [3.8, 4) is 0 Å². The molecule has 0 radical (unpaired) electrons. The van der Waals surface area contributed by atoms with Gasteiger partial charge in [0.25, 0.3) is 5.91 Å². The summed E-state index contributed by atoms with van der Waals surface area (Å²) in [5, 5.41) is 0. The first-order chi connectivity index (χ1) is 12.6. The molecule has 2 amide bonds. The fourth-order valence-corrected chi connectivity index (χ4v) is 4.07. The topological polar surface area (TPSA) is 53.5 Å². The number of pyridine rings is 1. The number of benzene rings is 1. The molecule has 0 spiro atoms. The Kier molecular flexibility index (Phi) is 4.23. The fraction of sp³-hybridized carbons (Fsp3) is 0.381. The van der Waals surface area contributed by atoms with Gasteiger partial charge in [-0.1, -0.05) is 18.2 Å². The third-order valence-corrected chi connectivity index (χ3v) is 5.33. The fourth-order valence-electron chi connectivity index (χ4n) is 4.07. The molecule has 1 fully saturated rings. The van der Waals surface area contributed by atoms with Gasteiger partial charge in [-0.25, -0.2) is 0 Å². The molecular formula is C21H23N3O2. The predicted molar refractivity (Wildman–Crippen MR) is 99.9 cm³/mol. The molecule has 2 unspecified atom stereocenters. The van der Waals surface area contributed by atoms with Crippen molar-refractivity contribution in [1.29, 1.82) is 0 Å². The van der Waals surface area contributed by atoms with Gasteiger partial charge in [-0.15, -0.1) is 0 Å². The molecule has 4 rings (SSSR count). The number of hydrogen-bond donors (Lipinski definition) is 0. The van der Waals surface area contributed by atoms with E-state index in [0.717, 1.165) is 30.5 Å². The van der Waals surface area contributed by atoms with Gasteiger partial charge in [-0.2, -0.15) is 0 Å². The van der Waals surface area contributed by atoms with Crippen molar-refractivity contribution in [1.82, 2.24) is 9.88 Å². The zero-order valence-corrected chi connectivity index (χ0v) is 15.1. The van der Waals surface area contributed by atoms with Crippen LogP contribution >= 0.6 is 0 Å². The molecule has 1 aromatic carbocycles. The third kappa shape index (κ3) is 2.87. The number of para-hydroxylation sites is 1. The SMILES string of the molecule is CC(=O)N(C1CC1)C1CC(C)N(C(=O)c2cccnc2)c2ccccc21. The highest BCUT2D eigenvalue weighted by Gasteiger charge is 2.42. The molecule has 1 aliphatic carbocycles. The second-order valence-electron chi connectivity index (χ2n) is 7.23. The van der Waals surface area contributed by atoms with Crippen LogP contribution in [0.4, 0.5) is 5.69 Å². The summed E-state index contributed by atoms with van der Waals surface area (Å²) < 4.78 is 0. The summed E-state index contributed by atoms with van der Waals surface area (Å²) in [5.74, 6) is 0.0730. The number of anilines is 1. The van der Waals surface area contributed by atoms with E-state index in [0.29, 0.717) is 11.6 Å². The summed E-state index contributed by atoms with van der Waals surface area (Å²) in [5.41, 5.74) is 2.54. The summed E-state index contributed by atoms with van der Waals surface area (Å²) >= 11 is 0. The molecule has 0 N–H and O–H groups in total. The van der Waals surface area contributed by atoms with E-state index in [1.807, 2.05) is 34.1 Å². The molecule has 134 valence electrons. The monoisotopic (exact) mass is 349 g/mol. The number of hydrogen-bond acceptors (Lipinski definition) is 3. The second kappa shape index (κ2) is 6.56. The molecule has 2 aromatic rings. The zero-order valence-electron chi connectivity index (χ0n) is 15.1. The number of aromatic nitrogens is 1. The van der Waals surface area contributed by atoms with Crippen molar-refractivity contribution in [2.45, 2.75) is 51.2 Å².